The molecule has 0 amide bonds. The number of sulfone groups is 1. The molecule has 2 atom stereocenters. The Kier molecular flexibility index (Phi) is 6.99. The van der Waals surface area contributed by atoms with Crippen molar-refractivity contribution < 1.29 is 18.3 Å². The van der Waals surface area contributed by atoms with Crippen LogP contribution in [0.2, 0.25) is 5.02 Å². The first-order valence-electron chi connectivity index (χ1n) is 9.40. The predicted octanol–water partition coefficient (Wildman–Crippen LogP) is 3.57. The lowest BCUT2D eigenvalue weighted by Crippen LogP contribution is -2.39. The van der Waals surface area contributed by atoms with E-state index in [1.54, 1.807) is 36.4 Å². The fraction of sp³-hybridized carbons (Fsp3) is 0.429. The Morgan fingerprint density at radius 3 is 2.68 bits per heavy atom. The van der Waals surface area contributed by atoms with Crippen molar-refractivity contribution >= 4 is 21.4 Å². The lowest BCUT2D eigenvalue weighted by atomic mass is 9.98. The molecule has 0 unspecified atom stereocenters. The lowest BCUT2D eigenvalue weighted by Gasteiger charge is -2.33. The molecule has 2 aromatic carbocycles. The van der Waals surface area contributed by atoms with Gasteiger partial charge in [0.15, 0.2) is 9.84 Å². The number of β-amino-alcohol motifs (C(OH)–C–C–N with tert-alkyl or cyclic N) is 1. The Bertz CT molecular complexity index is 886. The molecule has 0 aromatic heterocycles. The summed E-state index contributed by atoms with van der Waals surface area (Å²) in [4.78, 5) is 2.55. The van der Waals surface area contributed by atoms with Gasteiger partial charge >= 0.3 is 0 Å². The summed E-state index contributed by atoms with van der Waals surface area (Å²) in [7, 11) is -3.19. The molecule has 5 nitrogen and oxygen atoms in total. The molecular weight excluding hydrogens is 398 g/mol. The van der Waals surface area contributed by atoms with Gasteiger partial charge in [0.25, 0.3) is 0 Å². The van der Waals surface area contributed by atoms with Crippen LogP contribution < -0.4 is 4.74 Å². The number of hydrogen-bond donors (Lipinski definition) is 1. The number of rotatable bonds is 7. The fourth-order valence-corrected chi connectivity index (χ4v) is 4.34. The Labute approximate surface area is 171 Å². The average Bonchev–Trinajstić information content (AvgIpc) is 2.66. The van der Waals surface area contributed by atoms with Crippen LogP contribution in [0.15, 0.2) is 53.4 Å². The Hall–Kier alpha value is -1.60. The van der Waals surface area contributed by atoms with Gasteiger partial charge in [-0.25, -0.2) is 8.42 Å². The van der Waals surface area contributed by atoms with E-state index >= 15 is 0 Å². The summed E-state index contributed by atoms with van der Waals surface area (Å²) >= 11 is 6.01. The molecule has 0 spiro atoms. The molecule has 1 N–H and O–H groups in total. The van der Waals surface area contributed by atoms with Gasteiger partial charge in [-0.2, -0.15) is 0 Å². The van der Waals surface area contributed by atoms with Gasteiger partial charge in [-0.05, 0) is 61.3 Å². The number of aliphatic hydroxyl groups is 1. The SMILES string of the molecule is CS(=O)(=O)c1ccc(OC[C@H]2CCCN(C[C@H](O)c3cccc(Cl)c3)C2)cc1. The zero-order valence-electron chi connectivity index (χ0n) is 15.9. The summed E-state index contributed by atoms with van der Waals surface area (Å²) in [6.07, 6.45) is 2.76. The molecule has 3 rings (SSSR count). The van der Waals surface area contributed by atoms with E-state index in [9.17, 15) is 13.5 Å². The van der Waals surface area contributed by atoms with Crippen molar-refractivity contribution in [3.8, 4) is 5.75 Å². The largest absolute Gasteiger partial charge is 0.493 e. The van der Waals surface area contributed by atoms with E-state index in [0.717, 1.165) is 31.5 Å². The molecule has 0 saturated carbocycles. The Morgan fingerprint density at radius 2 is 2.00 bits per heavy atom. The number of likely N-dealkylation sites (tertiary alicyclic amines) is 1. The molecule has 0 bridgehead atoms. The standard InChI is InChI=1S/C21H26ClNO4S/c1-28(25,26)20-9-7-19(8-10-20)27-15-16-4-3-11-23(13-16)14-21(24)17-5-2-6-18(22)12-17/h2,5-10,12,16,21,24H,3-4,11,13-15H2,1H3/t16-,21-/m0/s1. The number of nitrogens with zero attached hydrogens (tertiary/aromatic N) is 1. The number of aliphatic hydroxyl groups excluding tert-OH is 1. The van der Waals surface area contributed by atoms with E-state index in [1.807, 2.05) is 12.1 Å². The Morgan fingerprint density at radius 1 is 1.25 bits per heavy atom. The molecule has 2 aromatic rings. The summed E-state index contributed by atoms with van der Waals surface area (Å²) in [5.41, 5.74) is 0.830. The third-order valence-corrected chi connectivity index (χ3v) is 6.37. The van der Waals surface area contributed by atoms with E-state index in [-0.39, 0.29) is 0 Å². The second kappa shape index (κ2) is 9.27. The van der Waals surface area contributed by atoms with Crippen LogP contribution in [0.4, 0.5) is 0 Å². The second-order valence-electron chi connectivity index (χ2n) is 7.39. The van der Waals surface area contributed by atoms with Gasteiger partial charge in [-0.3, -0.25) is 0 Å². The van der Waals surface area contributed by atoms with Gasteiger partial charge in [0.05, 0.1) is 17.6 Å². The zero-order valence-corrected chi connectivity index (χ0v) is 17.5. The monoisotopic (exact) mass is 423 g/mol. The molecule has 7 heteroatoms. The predicted molar refractivity (Wildman–Crippen MR) is 111 cm³/mol. The molecule has 1 fully saturated rings. The first-order chi connectivity index (χ1) is 13.3. The van der Waals surface area contributed by atoms with Crippen LogP contribution >= 0.6 is 11.6 Å². The van der Waals surface area contributed by atoms with Gasteiger partial charge in [-0.1, -0.05) is 23.7 Å². The lowest BCUT2D eigenvalue weighted by molar-refractivity contribution is 0.0714. The summed E-state index contributed by atoms with van der Waals surface area (Å²) in [6.45, 7) is 2.96. The molecular formula is C21H26ClNO4S. The van der Waals surface area contributed by atoms with Crippen LogP contribution in [0.3, 0.4) is 0 Å². The van der Waals surface area contributed by atoms with E-state index in [0.29, 0.717) is 34.7 Å². The van der Waals surface area contributed by atoms with Crippen molar-refractivity contribution in [2.75, 3.05) is 32.5 Å². The number of benzene rings is 2. The number of piperidine rings is 1. The number of halogens is 1. The van der Waals surface area contributed by atoms with Crippen LogP contribution in [0, 0.1) is 5.92 Å². The smallest absolute Gasteiger partial charge is 0.175 e. The third-order valence-electron chi connectivity index (χ3n) is 5.01. The zero-order chi connectivity index (χ0) is 20.1. The maximum absolute atomic E-state index is 11.5. The van der Waals surface area contributed by atoms with E-state index < -0.39 is 15.9 Å². The molecule has 1 aliphatic rings. The normalized spacial score (nSPS) is 19.3. The Balaban J connectivity index is 1.51. The topological polar surface area (TPSA) is 66.8 Å². The highest BCUT2D eigenvalue weighted by molar-refractivity contribution is 7.90. The summed E-state index contributed by atoms with van der Waals surface area (Å²) in [5, 5.41) is 11.1. The van der Waals surface area contributed by atoms with Crippen LogP contribution in [-0.4, -0.2) is 50.9 Å². The first-order valence-corrected chi connectivity index (χ1v) is 11.7. The third kappa shape index (κ3) is 5.95. The highest BCUT2D eigenvalue weighted by Crippen LogP contribution is 2.23. The van der Waals surface area contributed by atoms with Crippen molar-refractivity contribution in [1.82, 2.24) is 4.90 Å². The van der Waals surface area contributed by atoms with Crippen molar-refractivity contribution in [2.45, 2.75) is 23.8 Å². The van der Waals surface area contributed by atoms with E-state index in [4.69, 9.17) is 16.3 Å². The average molecular weight is 424 g/mol. The molecule has 152 valence electrons. The minimum atomic E-state index is -3.19. The fourth-order valence-electron chi connectivity index (χ4n) is 3.51. The molecule has 0 radical (unpaired) electrons. The van der Waals surface area contributed by atoms with Crippen LogP contribution in [0.5, 0.6) is 5.75 Å². The summed E-state index contributed by atoms with van der Waals surface area (Å²) in [6, 6.07) is 13.9. The molecule has 1 heterocycles. The maximum Gasteiger partial charge on any atom is 0.175 e. The molecule has 1 saturated heterocycles. The first kappa shape index (κ1) is 21.1. The maximum atomic E-state index is 11.5. The van der Waals surface area contributed by atoms with Crippen LogP contribution in [0.1, 0.15) is 24.5 Å². The number of ether oxygens (including phenoxy) is 1. The minimum Gasteiger partial charge on any atom is -0.493 e. The van der Waals surface area contributed by atoms with Crippen molar-refractivity contribution in [2.24, 2.45) is 5.92 Å². The van der Waals surface area contributed by atoms with E-state index in [1.165, 1.54) is 6.26 Å². The van der Waals surface area contributed by atoms with Crippen molar-refractivity contribution in [1.29, 1.82) is 0 Å². The van der Waals surface area contributed by atoms with Gasteiger partial charge in [0.2, 0.25) is 0 Å². The number of hydrogen-bond acceptors (Lipinski definition) is 5. The van der Waals surface area contributed by atoms with Gasteiger partial charge in [0, 0.05) is 30.3 Å². The highest BCUT2D eigenvalue weighted by Gasteiger charge is 2.23. The van der Waals surface area contributed by atoms with Crippen molar-refractivity contribution in [3.63, 3.8) is 0 Å². The summed E-state index contributed by atoms with van der Waals surface area (Å²) in [5.74, 6) is 1.04. The summed E-state index contributed by atoms with van der Waals surface area (Å²) < 4.78 is 28.9. The van der Waals surface area contributed by atoms with Gasteiger partial charge < -0.3 is 14.7 Å². The van der Waals surface area contributed by atoms with Crippen LogP contribution in [0.25, 0.3) is 0 Å². The quantitative estimate of drug-likeness (QED) is 0.737. The molecule has 28 heavy (non-hydrogen) atoms. The highest BCUT2D eigenvalue weighted by atomic mass is 35.5. The van der Waals surface area contributed by atoms with Gasteiger partial charge in [0.1, 0.15) is 5.75 Å². The molecule has 0 aliphatic carbocycles. The van der Waals surface area contributed by atoms with Crippen molar-refractivity contribution in [3.05, 3.63) is 59.1 Å². The minimum absolute atomic E-state index is 0.290. The second-order valence-corrected chi connectivity index (χ2v) is 9.85. The van der Waals surface area contributed by atoms with Crippen LogP contribution in [-0.2, 0) is 9.84 Å². The van der Waals surface area contributed by atoms with E-state index in [2.05, 4.69) is 4.90 Å². The molecule has 1 aliphatic heterocycles. The van der Waals surface area contributed by atoms with Gasteiger partial charge in [-0.15, -0.1) is 0 Å².